The van der Waals surface area contributed by atoms with Crippen LogP contribution in [0.3, 0.4) is 0 Å². The minimum atomic E-state index is -0.269. The predicted molar refractivity (Wildman–Crippen MR) is 78.4 cm³/mol. The first-order valence-corrected chi connectivity index (χ1v) is 6.10. The Morgan fingerprint density at radius 2 is 1.70 bits per heavy atom. The first kappa shape index (κ1) is 14.0. The molecule has 0 saturated carbocycles. The topological polar surface area (TPSA) is 56.5 Å². The van der Waals surface area contributed by atoms with Crippen molar-refractivity contribution in [1.82, 2.24) is 0 Å². The zero-order valence-corrected chi connectivity index (χ0v) is 11.7. The molecule has 106 valence electrons. The second kappa shape index (κ2) is 5.69. The second-order valence-corrected chi connectivity index (χ2v) is 4.38. The van der Waals surface area contributed by atoms with Crippen molar-refractivity contribution in [2.24, 2.45) is 0 Å². The van der Waals surface area contributed by atoms with Crippen molar-refractivity contribution in [3.63, 3.8) is 0 Å². The quantitative estimate of drug-likeness (QED) is 0.839. The van der Waals surface area contributed by atoms with E-state index in [2.05, 4.69) is 5.32 Å². The molecule has 0 aliphatic heterocycles. The van der Waals surface area contributed by atoms with Gasteiger partial charge in [0.15, 0.2) is 11.5 Å². The van der Waals surface area contributed by atoms with Gasteiger partial charge in [-0.25, -0.2) is 4.39 Å². The van der Waals surface area contributed by atoms with Gasteiger partial charge in [0.05, 0.1) is 25.6 Å². The van der Waals surface area contributed by atoms with Crippen molar-refractivity contribution in [2.45, 2.75) is 6.92 Å². The fourth-order valence-electron chi connectivity index (χ4n) is 1.83. The van der Waals surface area contributed by atoms with Gasteiger partial charge in [0, 0.05) is 17.8 Å². The van der Waals surface area contributed by atoms with Crippen molar-refractivity contribution >= 4 is 17.1 Å². The normalized spacial score (nSPS) is 10.2. The lowest BCUT2D eigenvalue weighted by atomic mass is 10.2. The van der Waals surface area contributed by atoms with Crippen LogP contribution in [-0.4, -0.2) is 14.2 Å². The zero-order valence-electron chi connectivity index (χ0n) is 11.7. The molecule has 0 aliphatic rings. The standard InChI is InChI=1S/C15H17FN2O2/c1-9-4-5-10(6-11(9)16)18-13-8-15(20-3)14(19-2)7-12(13)17/h4-8,18H,17H2,1-3H3. The van der Waals surface area contributed by atoms with E-state index in [4.69, 9.17) is 15.2 Å². The van der Waals surface area contributed by atoms with E-state index in [1.165, 1.54) is 6.07 Å². The number of hydrogen-bond donors (Lipinski definition) is 2. The summed E-state index contributed by atoms with van der Waals surface area (Å²) in [7, 11) is 3.09. The van der Waals surface area contributed by atoms with Gasteiger partial charge >= 0.3 is 0 Å². The molecule has 0 radical (unpaired) electrons. The first-order chi connectivity index (χ1) is 9.55. The summed E-state index contributed by atoms with van der Waals surface area (Å²) in [4.78, 5) is 0. The number of aryl methyl sites for hydroxylation is 1. The number of nitrogens with one attached hydrogen (secondary N) is 1. The molecule has 0 unspecified atom stereocenters. The van der Waals surface area contributed by atoms with Gasteiger partial charge in [-0.2, -0.15) is 0 Å². The number of benzene rings is 2. The summed E-state index contributed by atoms with van der Waals surface area (Å²) >= 11 is 0. The SMILES string of the molecule is COc1cc(N)c(Nc2ccc(C)c(F)c2)cc1OC. The monoisotopic (exact) mass is 276 g/mol. The second-order valence-electron chi connectivity index (χ2n) is 4.38. The average Bonchev–Trinajstić information content (AvgIpc) is 2.44. The first-order valence-electron chi connectivity index (χ1n) is 6.10. The molecule has 2 aromatic carbocycles. The molecule has 0 aliphatic carbocycles. The number of halogens is 1. The molecule has 0 aromatic heterocycles. The van der Waals surface area contributed by atoms with Crippen LogP contribution in [0.1, 0.15) is 5.56 Å². The molecule has 0 spiro atoms. The Kier molecular flexibility index (Phi) is 3.98. The molecule has 2 aromatic rings. The van der Waals surface area contributed by atoms with Crippen LogP contribution in [0.5, 0.6) is 11.5 Å². The molecule has 0 heterocycles. The third kappa shape index (κ3) is 2.77. The van der Waals surface area contributed by atoms with E-state index in [0.29, 0.717) is 34.1 Å². The predicted octanol–water partition coefficient (Wildman–Crippen LogP) is 3.48. The van der Waals surface area contributed by atoms with Gasteiger partial charge in [0.25, 0.3) is 0 Å². The molecule has 2 rings (SSSR count). The van der Waals surface area contributed by atoms with Gasteiger partial charge in [-0.05, 0) is 24.6 Å². The molecule has 0 amide bonds. The summed E-state index contributed by atoms with van der Waals surface area (Å²) in [5, 5.41) is 3.07. The highest BCUT2D eigenvalue weighted by Gasteiger charge is 2.10. The summed E-state index contributed by atoms with van der Waals surface area (Å²) in [6, 6.07) is 8.28. The lowest BCUT2D eigenvalue weighted by Crippen LogP contribution is -2.00. The third-order valence-electron chi connectivity index (χ3n) is 3.01. The molecule has 3 N–H and O–H groups in total. The number of rotatable bonds is 4. The third-order valence-corrected chi connectivity index (χ3v) is 3.01. The smallest absolute Gasteiger partial charge is 0.162 e. The zero-order chi connectivity index (χ0) is 14.7. The number of methoxy groups -OCH3 is 2. The average molecular weight is 276 g/mol. The number of nitrogen functional groups attached to an aromatic ring is 1. The van der Waals surface area contributed by atoms with Gasteiger partial charge in [-0.1, -0.05) is 6.07 Å². The van der Waals surface area contributed by atoms with E-state index < -0.39 is 0 Å². The summed E-state index contributed by atoms with van der Waals surface area (Å²) < 4.78 is 23.9. The maximum absolute atomic E-state index is 13.5. The Morgan fingerprint density at radius 3 is 2.30 bits per heavy atom. The Hall–Kier alpha value is -2.43. The molecule has 0 saturated heterocycles. The Bertz CT molecular complexity index is 630. The summed E-state index contributed by atoms with van der Waals surface area (Å²) in [6.45, 7) is 1.71. The van der Waals surface area contributed by atoms with Crippen molar-refractivity contribution in [1.29, 1.82) is 0 Å². The summed E-state index contributed by atoms with van der Waals surface area (Å²) in [5.74, 6) is 0.830. The van der Waals surface area contributed by atoms with E-state index in [1.807, 2.05) is 0 Å². The lowest BCUT2D eigenvalue weighted by molar-refractivity contribution is 0.355. The molecular formula is C15H17FN2O2. The summed E-state index contributed by atoms with van der Waals surface area (Å²) in [6.07, 6.45) is 0. The highest BCUT2D eigenvalue weighted by Crippen LogP contribution is 2.36. The van der Waals surface area contributed by atoms with Gasteiger partial charge in [0.2, 0.25) is 0 Å². The molecule has 0 atom stereocenters. The van der Waals surface area contributed by atoms with Crippen LogP contribution in [0, 0.1) is 12.7 Å². The molecular weight excluding hydrogens is 259 g/mol. The van der Waals surface area contributed by atoms with Crippen LogP contribution in [0.2, 0.25) is 0 Å². The van der Waals surface area contributed by atoms with Crippen molar-refractivity contribution in [3.8, 4) is 11.5 Å². The highest BCUT2D eigenvalue weighted by molar-refractivity contribution is 5.76. The van der Waals surface area contributed by atoms with E-state index in [9.17, 15) is 4.39 Å². The number of nitrogens with two attached hydrogens (primary N) is 1. The minimum Gasteiger partial charge on any atom is -0.493 e. The molecule has 0 bridgehead atoms. The van der Waals surface area contributed by atoms with E-state index >= 15 is 0 Å². The van der Waals surface area contributed by atoms with Crippen LogP contribution in [0.15, 0.2) is 30.3 Å². The Morgan fingerprint density at radius 1 is 1.05 bits per heavy atom. The molecule has 20 heavy (non-hydrogen) atoms. The van der Waals surface area contributed by atoms with Gasteiger partial charge in [0.1, 0.15) is 5.82 Å². The molecule has 0 fully saturated rings. The Labute approximate surface area is 117 Å². The van der Waals surface area contributed by atoms with Crippen LogP contribution in [-0.2, 0) is 0 Å². The van der Waals surface area contributed by atoms with Crippen molar-refractivity contribution < 1.29 is 13.9 Å². The maximum Gasteiger partial charge on any atom is 0.162 e. The number of ether oxygens (including phenoxy) is 2. The Balaban J connectivity index is 2.35. The fraction of sp³-hybridized carbons (Fsp3) is 0.200. The van der Waals surface area contributed by atoms with Crippen molar-refractivity contribution in [3.05, 3.63) is 41.7 Å². The number of hydrogen-bond acceptors (Lipinski definition) is 4. The molecule has 4 nitrogen and oxygen atoms in total. The molecule has 5 heteroatoms. The van der Waals surface area contributed by atoms with Crippen LogP contribution < -0.4 is 20.5 Å². The summed E-state index contributed by atoms with van der Waals surface area (Å²) in [5.41, 5.74) is 8.28. The van der Waals surface area contributed by atoms with Gasteiger partial charge in [-0.15, -0.1) is 0 Å². The maximum atomic E-state index is 13.5. The van der Waals surface area contributed by atoms with Crippen molar-refractivity contribution in [2.75, 3.05) is 25.3 Å². The van der Waals surface area contributed by atoms with E-state index in [1.54, 1.807) is 45.4 Å². The fourth-order valence-corrected chi connectivity index (χ4v) is 1.83. The van der Waals surface area contributed by atoms with Gasteiger partial charge < -0.3 is 20.5 Å². The largest absolute Gasteiger partial charge is 0.493 e. The van der Waals surface area contributed by atoms with E-state index in [-0.39, 0.29) is 5.82 Å². The minimum absolute atomic E-state index is 0.269. The van der Waals surface area contributed by atoms with Crippen LogP contribution >= 0.6 is 0 Å². The van der Waals surface area contributed by atoms with Crippen LogP contribution in [0.4, 0.5) is 21.5 Å². The van der Waals surface area contributed by atoms with Gasteiger partial charge in [-0.3, -0.25) is 0 Å². The van der Waals surface area contributed by atoms with Crippen LogP contribution in [0.25, 0.3) is 0 Å². The lowest BCUT2D eigenvalue weighted by Gasteiger charge is -2.14. The number of anilines is 3. The highest BCUT2D eigenvalue weighted by atomic mass is 19.1. The van der Waals surface area contributed by atoms with E-state index in [0.717, 1.165) is 0 Å².